The fourth-order valence-corrected chi connectivity index (χ4v) is 1.51. The molecule has 4 nitrogen and oxygen atoms in total. The Kier molecular flexibility index (Phi) is 3.80. The molecule has 0 aliphatic carbocycles. The minimum Gasteiger partial charge on any atom is -0.496 e. The molecule has 1 aromatic rings. The van der Waals surface area contributed by atoms with E-state index in [0.29, 0.717) is 0 Å². The van der Waals surface area contributed by atoms with E-state index < -0.39 is 0 Å². The zero-order chi connectivity index (χ0) is 11.4. The van der Waals surface area contributed by atoms with Gasteiger partial charge in [-0.25, -0.2) is 0 Å². The van der Waals surface area contributed by atoms with Crippen molar-refractivity contribution in [3.63, 3.8) is 0 Å². The van der Waals surface area contributed by atoms with E-state index in [9.17, 15) is 4.79 Å². The molecule has 0 aliphatic rings. The van der Waals surface area contributed by atoms with Gasteiger partial charge in [-0.15, -0.1) is 0 Å². The Bertz CT molecular complexity index is 375. The minimum atomic E-state index is -0.0171. The molecule has 0 fully saturated rings. The molecular formula is C11H16N2O2. The van der Waals surface area contributed by atoms with Gasteiger partial charge in [0.1, 0.15) is 5.75 Å². The first kappa shape index (κ1) is 11.7. The number of hydrogen-bond donors (Lipinski definition) is 1. The summed E-state index contributed by atoms with van der Waals surface area (Å²) in [5, 5.41) is 0. The number of hydrogen-bond acceptors (Lipinski definition) is 4. The molecule has 0 amide bonds. The lowest BCUT2D eigenvalue weighted by Crippen LogP contribution is -2.17. The summed E-state index contributed by atoms with van der Waals surface area (Å²) in [4.78, 5) is 15.4. The summed E-state index contributed by atoms with van der Waals surface area (Å²) in [5.74, 6) is 0.779. The maximum Gasteiger partial charge on any atom is 0.152 e. The van der Waals surface area contributed by atoms with Crippen LogP contribution in [0, 0.1) is 13.8 Å². The van der Waals surface area contributed by atoms with Crippen molar-refractivity contribution in [3.8, 4) is 5.75 Å². The fourth-order valence-electron chi connectivity index (χ4n) is 1.51. The molecule has 0 aromatic carbocycles. The summed E-state index contributed by atoms with van der Waals surface area (Å²) in [5.41, 5.74) is 7.89. The molecule has 4 heteroatoms. The fraction of sp³-hybridized carbons (Fsp3) is 0.455. The number of methoxy groups -OCH3 is 1. The van der Waals surface area contributed by atoms with Crippen LogP contribution in [0.15, 0.2) is 6.20 Å². The van der Waals surface area contributed by atoms with Crippen LogP contribution in [0.5, 0.6) is 5.75 Å². The summed E-state index contributed by atoms with van der Waals surface area (Å²) in [6, 6.07) is 0. The Morgan fingerprint density at radius 3 is 2.73 bits per heavy atom. The van der Waals surface area contributed by atoms with Crippen LogP contribution in [0.1, 0.15) is 16.8 Å². The van der Waals surface area contributed by atoms with E-state index in [4.69, 9.17) is 10.5 Å². The first-order valence-corrected chi connectivity index (χ1v) is 4.81. The van der Waals surface area contributed by atoms with Crippen LogP contribution in [-0.4, -0.2) is 24.4 Å². The van der Waals surface area contributed by atoms with Crippen molar-refractivity contribution in [2.24, 2.45) is 5.73 Å². The normalized spacial score (nSPS) is 10.1. The molecule has 82 valence electrons. The van der Waals surface area contributed by atoms with Gasteiger partial charge in [0.25, 0.3) is 0 Å². The Morgan fingerprint density at radius 1 is 1.53 bits per heavy atom. The van der Waals surface area contributed by atoms with Gasteiger partial charge in [0, 0.05) is 17.3 Å². The molecule has 1 aromatic heterocycles. The van der Waals surface area contributed by atoms with Crippen molar-refractivity contribution in [3.05, 3.63) is 23.0 Å². The molecule has 0 spiro atoms. The number of aryl methyl sites for hydroxylation is 1. The number of pyridine rings is 1. The van der Waals surface area contributed by atoms with Gasteiger partial charge in [-0.3, -0.25) is 9.78 Å². The van der Waals surface area contributed by atoms with E-state index in [1.807, 2.05) is 13.8 Å². The lowest BCUT2D eigenvalue weighted by atomic mass is 10.1. The predicted molar refractivity (Wildman–Crippen MR) is 58.0 cm³/mol. The molecule has 2 N–H and O–H groups in total. The third-order valence-electron chi connectivity index (χ3n) is 2.34. The number of Topliss-reactive ketones (excluding diaryl/α,β-unsaturated/α-hetero) is 1. The quantitative estimate of drug-likeness (QED) is 0.794. The van der Waals surface area contributed by atoms with Gasteiger partial charge in [-0.05, 0) is 13.8 Å². The lowest BCUT2D eigenvalue weighted by Gasteiger charge is -2.11. The molecule has 15 heavy (non-hydrogen) atoms. The number of nitrogens with two attached hydrogens (primary N) is 1. The summed E-state index contributed by atoms with van der Waals surface area (Å²) >= 11 is 0. The van der Waals surface area contributed by atoms with E-state index in [-0.39, 0.29) is 18.7 Å². The van der Waals surface area contributed by atoms with Gasteiger partial charge in [-0.1, -0.05) is 0 Å². The van der Waals surface area contributed by atoms with Gasteiger partial charge in [0.2, 0.25) is 0 Å². The van der Waals surface area contributed by atoms with E-state index in [1.165, 1.54) is 0 Å². The van der Waals surface area contributed by atoms with Crippen molar-refractivity contribution in [2.45, 2.75) is 20.3 Å². The van der Waals surface area contributed by atoms with E-state index in [0.717, 1.165) is 22.6 Å². The third-order valence-corrected chi connectivity index (χ3v) is 2.34. The number of ketones is 1. The third kappa shape index (κ3) is 2.53. The van der Waals surface area contributed by atoms with Crippen LogP contribution in [0.4, 0.5) is 0 Å². The number of ether oxygens (including phenoxy) is 1. The lowest BCUT2D eigenvalue weighted by molar-refractivity contribution is -0.117. The van der Waals surface area contributed by atoms with Gasteiger partial charge in [0.05, 0.1) is 25.8 Å². The molecular weight excluding hydrogens is 192 g/mol. The number of rotatable bonds is 4. The number of carbonyl (C=O) groups excluding carboxylic acids is 1. The highest BCUT2D eigenvalue weighted by Gasteiger charge is 2.11. The summed E-state index contributed by atoms with van der Waals surface area (Å²) in [7, 11) is 1.61. The maximum absolute atomic E-state index is 11.2. The average molecular weight is 208 g/mol. The van der Waals surface area contributed by atoms with Crippen molar-refractivity contribution >= 4 is 5.78 Å². The van der Waals surface area contributed by atoms with Crippen molar-refractivity contribution in [2.75, 3.05) is 13.7 Å². The number of nitrogens with zero attached hydrogens (tertiary/aromatic N) is 1. The second-order valence-electron chi connectivity index (χ2n) is 3.47. The molecule has 0 bridgehead atoms. The maximum atomic E-state index is 11.2. The molecule has 1 heterocycles. The van der Waals surface area contributed by atoms with Crippen molar-refractivity contribution in [1.29, 1.82) is 0 Å². The van der Waals surface area contributed by atoms with Gasteiger partial charge in [0.15, 0.2) is 5.78 Å². The zero-order valence-electron chi connectivity index (χ0n) is 9.33. The highest BCUT2D eigenvalue weighted by Crippen LogP contribution is 2.24. The highest BCUT2D eigenvalue weighted by atomic mass is 16.5. The topological polar surface area (TPSA) is 65.2 Å². The standard InChI is InChI=1S/C11H16N2O2/c1-7-6-13-10(4-9(14)5-12)8(2)11(7)15-3/h6H,4-5,12H2,1-3H3. The Morgan fingerprint density at radius 2 is 2.20 bits per heavy atom. The Balaban J connectivity index is 3.05. The average Bonchev–Trinajstić information content (AvgIpc) is 2.23. The largest absolute Gasteiger partial charge is 0.496 e. The van der Waals surface area contributed by atoms with E-state index in [1.54, 1.807) is 13.3 Å². The predicted octanol–water partition coefficient (Wildman–Crippen LogP) is 0.777. The van der Waals surface area contributed by atoms with Crippen LogP contribution in [0.25, 0.3) is 0 Å². The van der Waals surface area contributed by atoms with Crippen LogP contribution >= 0.6 is 0 Å². The van der Waals surface area contributed by atoms with Gasteiger partial charge in [-0.2, -0.15) is 0 Å². The molecule has 0 unspecified atom stereocenters. The number of carbonyl (C=O) groups is 1. The van der Waals surface area contributed by atoms with Gasteiger partial charge >= 0.3 is 0 Å². The molecule has 0 radical (unpaired) electrons. The van der Waals surface area contributed by atoms with Crippen molar-refractivity contribution in [1.82, 2.24) is 4.98 Å². The highest BCUT2D eigenvalue weighted by molar-refractivity contribution is 5.82. The van der Waals surface area contributed by atoms with Crippen molar-refractivity contribution < 1.29 is 9.53 Å². The monoisotopic (exact) mass is 208 g/mol. The first-order chi connectivity index (χ1) is 7.10. The Hall–Kier alpha value is -1.42. The molecule has 0 aliphatic heterocycles. The molecule has 0 saturated carbocycles. The zero-order valence-corrected chi connectivity index (χ0v) is 9.33. The minimum absolute atomic E-state index is 0.0171. The summed E-state index contributed by atoms with van der Waals surface area (Å²) in [6.07, 6.45) is 1.99. The smallest absolute Gasteiger partial charge is 0.152 e. The molecule has 1 rings (SSSR count). The summed E-state index contributed by atoms with van der Waals surface area (Å²) in [6.45, 7) is 3.88. The second-order valence-corrected chi connectivity index (χ2v) is 3.47. The van der Waals surface area contributed by atoms with Crippen LogP contribution in [-0.2, 0) is 11.2 Å². The van der Waals surface area contributed by atoms with Crippen LogP contribution in [0.3, 0.4) is 0 Å². The summed E-state index contributed by atoms with van der Waals surface area (Å²) < 4.78 is 5.25. The molecule has 0 saturated heterocycles. The van der Waals surface area contributed by atoms with E-state index in [2.05, 4.69) is 4.98 Å². The SMILES string of the molecule is COc1c(C)cnc(CC(=O)CN)c1C. The van der Waals surface area contributed by atoms with Crippen LogP contribution < -0.4 is 10.5 Å². The van der Waals surface area contributed by atoms with E-state index >= 15 is 0 Å². The van der Waals surface area contributed by atoms with Gasteiger partial charge < -0.3 is 10.5 Å². The number of aromatic nitrogens is 1. The second kappa shape index (κ2) is 4.89. The molecule has 0 atom stereocenters. The van der Waals surface area contributed by atoms with Crippen LogP contribution in [0.2, 0.25) is 0 Å². The Labute approximate surface area is 89.5 Å². The first-order valence-electron chi connectivity index (χ1n) is 4.81.